The molecule has 5 rings (SSSR count). The number of thiophene rings is 1. The van der Waals surface area contributed by atoms with Crippen molar-refractivity contribution in [3.05, 3.63) is 45.1 Å². The number of hydrogen-bond donors (Lipinski definition) is 0. The maximum absolute atomic E-state index is 13.2. The number of hydrogen-bond acceptors (Lipinski definition) is 6. The number of hydrazone groups is 1. The Hall–Kier alpha value is -2.42. The zero-order chi connectivity index (χ0) is 21.4. The van der Waals surface area contributed by atoms with Crippen molar-refractivity contribution in [1.29, 1.82) is 0 Å². The van der Waals surface area contributed by atoms with Crippen LogP contribution < -0.4 is 9.80 Å². The van der Waals surface area contributed by atoms with Crippen molar-refractivity contribution >= 4 is 51.8 Å². The Labute approximate surface area is 189 Å². The average molecular weight is 459 g/mol. The molecule has 162 valence electrons. The molecule has 2 aromatic rings. The highest BCUT2D eigenvalue weighted by Crippen LogP contribution is 2.36. The van der Waals surface area contributed by atoms with Gasteiger partial charge in [0.25, 0.3) is 0 Å². The molecule has 31 heavy (non-hydrogen) atoms. The summed E-state index contributed by atoms with van der Waals surface area (Å²) in [5.41, 5.74) is 4.12. The molecule has 3 aliphatic rings. The molecule has 1 fully saturated rings. The van der Waals surface area contributed by atoms with Gasteiger partial charge in [0.2, 0.25) is 11.8 Å². The number of morpholine rings is 1. The van der Waals surface area contributed by atoms with E-state index < -0.39 is 0 Å². The second-order valence-corrected chi connectivity index (χ2v) is 9.49. The normalized spacial score (nSPS) is 18.9. The fraction of sp³-hybridized carbons (Fsp3) is 0.409. The maximum atomic E-state index is 13.2. The van der Waals surface area contributed by atoms with E-state index >= 15 is 0 Å². The number of carbonyl (C=O) groups is 2. The van der Waals surface area contributed by atoms with E-state index in [0.29, 0.717) is 23.7 Å². The van der Waals surface area contributed by atoms with Gasteiger partial charge >= 0.3 is 0 Å². The average Bonchev–Trinajstić information content (AvgIpc) is 3.42. The fourth-order valence-electron chi connectivity index (χ4n) is 4.36. The maximum Gasteiger partial charge on any atom is 0.248 e. The number of ether oxygens (including phenoxy) is 1. The molecular formula is C22H23ClN4O3S. The first-order chi connectivity index (χ1) is 15.1. The molecule has 0 aliphatic carbocycles. The Bertz CT molecular complexity index is 1050. The van der Waals surface area contributed by atoms with Gasteiger partial charge < -0.3 is 14.5 Å². The molecule has 9 heteroatoms. The lowest BCUT2D eigenvalue weighted by Gasteiger charge is -2.30. The SMILES string of the molecule is O=C1CCC(c2ccc(Cl)s2)=NN1CC(=O)N1CCc2c(N3CCOCC3)cccc21. The van der Waals surface area contributed by atoms with Gasteiger partial charge in [-0.1, -0.05) is 17.7 Å². The standard InChI is InChI=1S/C22H23ClN4O3S/c23-20-6-5-19(31-20)16-4-7-21(28)27(24-16)14-22(29)26-9-8-15-17(2-1-3-18(15)26)25-10-12-30-13-11-25/h1-3,5-6H,4,7-14H2. The van der Waals surface area contributed by atoms with Gasteiger partial charge in [-0.3, -0.25) is 9.59 Å². The molecule has 1 saturated heterocycles. The third-order valence-electron chi connectivity index (χ3n) is 5.90. The number of halogens is 1. The molecule has 1 aromatic carbocycles. The fourth-order valence-corrected chi connectivity index (χ4v) is 5.42. The van der Waals surface area contributed by atoms with E-state index in [9.17, 15) is 9.59 Å². The third-order valence-corrected chi connectivity index (χ3v) is 7.18. The second-order valence-electron chi connectivity index (χ2n) is 7.77. The van der Waals surface area contributed by atoms with E-state index in [1.165, 1.54) is 27.6 Å². The minimum absolute atomic E-state index is 0.0529. The number of amides is 2. The molecular weight excluding hydrogens is 436 g/mol. The lowest BCUT2D eigenvalue weighted by molar-refractivity contribution is -0.135. The molecule has 0 radical (unpaired) electrons. The molecule has 0 bridgehead atoms. The quantitative estimate of drug-likeness (QED) is 0.706. The van der Waals surface area contributed by atoms with Crippen molar-refractivity contribution in [1.82, 2.24) is 5.01 Å². The van der Waals surface area contributed by atoms with Crippen LogP contribution in [0.15, 0.2) is 35.4 Å². The van der Waals surface area contributed by atoms with Crippen LogP contribution in [0.1, 0.15) is 23.3 Å². The first kappa shape index (κ1) is 20.5. The van der Waals surface area contributed by atoms with Crippen LogP contribution >= 0.6 is 22.9 Å². The minimum Gasteiger partial charge on any atom is -0.378 e. The lowest BCUT2D eigenvalue weighted by Crippen LogP contribution is -2.42. The van der Waals surface area contributed by atoms with Gasteiger partial charge in [0.1, 0.15) is 6.54 Å². The molecule has 0 N–H and O–H groups in total. The van der Waals surface area contributed by atoms with Gasteiger partial charge in [0, 0.05) is 49.4 Å². The summed E-state index contributed by atoms with van der Waals surface area (Å²) in [7, 11) is 0. The number of fused-ring (bicyclic) bond motifs is 1. The molecule has 3 aliphatic heterocycles. The lowest BCUT2D eigenvalue weighted by atomic mass is 10.1. The summed E-state index contributed by atoms with van der Waals surface area (Å²) in [6.45, 7) is 3.73. The Morgan fingerprint density at radius 1 is 1.06 bits per heavy atom. The van der Waals surface area contributed by atoms with Gasteiger partial charge in [0.05, 0.1) is 28.1 Å². The van der Waals surface area contributed by atoms with Crippen LogP contribution in [0.5, 0.6) is 0 Å². The smallest absolute Gasteiger partial charge is 0.248 e. The number of benzene rings is 1. The zero-order valence-corrected chi connectivity index (χ0v) is 18.6. The summed E-state index contributed by atoms with van der Waals surface area (Å²) in [6, 6.07) is 9.84. The van der Waals surface area contributed by atoms with Crippen LogP contribution in [0.2, 0.25) is 4.34 Å². The van der Waals surface area contributed by atoms with Gasteiger partial charge in [-0.25, -0.2) is 5.01 Å². The van der Waals surface area contributed by atoms with Gasteiger partial charge in [0.15, 0.2) is 0 Å². The first-order valence-corrected chi connectivity index (χ1v) is 11.7. The second kappa shape index (κ2) is 8.61. The predicted molar refractivity (Wildman–Crippen MR) is 122 cm³/mol. The Kier molecular flexibility index (Phi) is 5.69. The van der Waals surface area contributed by atoms with Gasteiger partial charge in [-0.2, -0.15) is 5.10 Å². The largest absolute Gasteiger partial charge is 0.378 e. The zero-order valence-electron chi connectivity index (χ0n) is 17.1. The van der Waals surface area contributed by atoms with Crippen molar-refractivity contribution in [2.45, 2.75) is 19.3 Å². The van der Waals surface area contributed by atoms with Crippen LogP contribution in [0, 0.1) is 0 Å². The van der Waals surface area contributed by atoms with E-state index in [2.05, 4.69) is 16.1 Å². The van der Waals surface area contributed by atoms with Crippen LogP contribution in [0.3, 0.4) is 0 Å². The highest BCUT2D eigenvalue weighted by molar-refractivity contribution is 7.18. The molecule has 2 amide bonds. The summed E-state index contributed by atoms with van der Waals surface area (Å²) in [5, 5.41) is 5.81. The molecule has 1 aromatic heterocycles. The van der Waals surface area contributed by atoms with E-state index in [0.717, 1.165) is 49.0 Å². The predicted octanol–water partition coefficient (Wildman–Crippen LogP) is 3.15. The molecule has 4 heterocycles. The molecule has 0 unspecified atom stereocenters. The van der Waals surface area contributed by atoms with E-state index in [1.54, 1.807) is 4.90 Å². The van der Waals surface area contributed by atoms with Crippen molar-refractivity contribution in [3.63, 3.8) is 0 Å². The summed E-state index contributed by atoms with van der Waals surface area (Å²) < 4.78 is 6.16. The third kappa shape index (κ3) is 4.07. The van der Waals surface area contributed by atoms with Crippen LogP contribution in [0.25, 0.3) is 0 Å². The van der Waals surface area contributed by atoms with E-state index in [1.807, 2.05) is 24.3 Å². The Morgan fingerprint density at radius 2 is 1.87 bits per heavy atom. The summed E-state index contributed by atoms with van der Waals surface area (Å²) in [5.74, 6) is -0.235. The summed E-state index contributed by atoms with van der Waals surface area (Å²) in [4.78, 5) is 30.7. The highest BCUT2D eigenvalue weighted by atomic mass is 35.5. The van der Waals surface area contributed by atoms with Crippen molar-refractivity contribution in [2.75, 3.05) is 49.2 Å². The van der Waals surface area contributed by atoms with E-state index in [4.69, 9.17) is 16.3 Å². The monoisotopic (exact) mass is 458 g/mol. The summed E-state index contributed by atoms with van der Waals surface area (Å²) >= 11 is 7.48. The Balaban J connectivity index is 1.34. The van der Waals surface area contributed by atoms with Gasteiger partial charge in [-0.15, -0.1) is 11.3 Å². The van der Waals surface area contributed by atoms with E-state index in [-0.39, 0.29) is 18.4 Å². The molecule has 7 nitrogen and oxygen atoms in total. The highest BCUT2D eigenvalue weighted by Gasteiger charge is 2.31. The molecule has 0 spiro atoms. The Morgan fingerprint density at radius 3 is 2.65 bits per heavy atom. The number of rotatable bonds is 4. The first-order valence-electron chi connectivity index (χ1n) is 10.5. The van der Waals surface area contributed by atoms with Crippen molar-refractivity contribution < 1.29 is 14.3 Å². The number of anilines is 2. The van der Waals surface area contributed by atoms with Crippen LogP contribution in [-0.4, -0.2) is 61.9 Å². The number of carbonyl (C=O) groups excluding carboxylic acids is 2. The number of nitrogens with zero attached hydrogens (tertiary/aromatic N) is 4. The molecule has 0 atom stereocenters. The minimum atomic E-state index is -0.124. The molecule has 0 saturated carbocycles. The summed E-state index contributed by atoms with van der Waals surface area (Å²) in [6.07, 6.45) is 1.72. The van der Waals surface area contributed by atoms with Gasteiger partial charge in [-0.05, 0) is 30.7 Å². The van der Waals surface area contributed by atoms with Crippen molar-refractivity contribution in [3.8, 4) is 0 Å². The van der Waals surface area contributed by atoms with Crippen molar-refractivity contribution in [2.24, 2.45) is 5.10 Å². The van der Waals surface area contributed by atoms with Crippen LogP contribution in [-0.2, 0) is 20.7 Å². The topological polar surface area (TPSA) is 65.5 Å². The van der Waals surface area contributed by atoms with Crippen LogP contribution in [0.4, 0.5) is 11.4 Å².